The zero-order valence-corrected chi connectivity index (χ0v) is 10.1. The summed E-state index contributed by atoms with van der Waals surface area (Å²) in [5.74, 6) is 0.836. The van der Waals surface area contributed by atoms with Gasteiger partial charge >= 0.3 is 0 Å². The van der Waals surface area contributed by atoms with Gasteiger partial charge in [-0.25, -0.2) is 0 Å². The van der Waals surface area contributed by atoms with Crippen molar-refractivity contribution in [3.8, 4) is 0 Å². The molecule has 0 spiro atoms. The van der Waals surface area contributed by atoms with Crippen LogP contribution >= 0.6 is 0 Å². The van der Waals surface area contributed by atoms with Crippen molar-refractivity contribution in [1.82, 2.24) is 10.2 Å². The van der Waals surface area contributed by atoms with Crippen LogP contribution in [0.1, 0.15) is 25.7 Å². The van der Waals surface area contributed by atoms with Gasteiger partial charge in [0.05, 0.1) is 12.6 Å². The predicted octanol–water partition coefficient (Wildman–Crippen LogP) is 0.623. The molecule has 0 aromatic carbocycles. The van der Waals surface area contributed by atoms with Gasteiger partial charge in [0.15, 0.2) is 0 Å². The lowest BCUT2D eigenvalue weighted by Gasteiger charge is -2.34. The van der Waals surface area contributed by atoms with E-state index in [1.54, 1.807) is 7.11 Å². The van der Waals surface area contributed by atoms with Gasteiger partial charge in [-0.3, -0.25) is 4.79 Å². The molecular formula is C12H22N2O2. The molecule has 2 aliphatic rings. The maximum Gasteiger partial charge on any atom is 0.239 e. The monoisotopic (exact) mass is 226 g/mol. The van der Waals surface area contributed by atoms with Gasteiger partial charge in [0.25, 0.3) is 0 Å². The first-order chi connectivity index (χ1) is 7.81. The summed E-state index contributed by atoms with van der Waals surface area (Å²) in [6.45, 7) is 3.58. The Morgan fingerprint density at radius 1 is 1.44 bits per heavy atom. The zero-order chi connectivity index (χ0) is 11.4. The van der Waals surface area contributed by atoms with Crippen molar-refractivity contribution >= 4 is 5.91 Å². The molecule has 2 saturated heterocycles. The van der Waals surface area contributed by atoms with Crippen molar-refractivity contribution in [1.29, 1.82) is 0 Å². The highest BCUT2D eigenvalue weighted by Crippen LogP contribution is 2.19. The normalized spacial score (nSPS) is 30.7. The molecule has 0 aromatic rings. The van der Waals surface area contributed by atoms with Crippen LogP contribution in [-0.4, -0.2) is 50.2 Å². The fraction of sp³-hybridized carbons (Fsp3) is 0.917. The third-order valence-electron chi connectivity index (χ3n) is 3.59. The summed E-state index contributed by atoms with van der Waals surface area (Å²) in [4.78, 5) is 14.2. The molecule has 2 aliphatic heterocycles. The van der Waals surface area contributed by atoms with E-state index in [0.717, 1.165) is 45.5 Å². The molecule has 0 saturated carbocycles. The van der Waals surface area contributed by atoms with Gasteiger partial charge in [-0.15, -0.1) is 0 Å². The number of rotatable bonds is 3. The SMILES string of the molecule is COCC1CCCN(C(=O)[C@H]2CCCN2)C1. The molecule has 1 amide bonds. The maximum atomic E-state index is 12.2. The molecular weight excluding hydrogens is 204 g/mol. The molecule has 0 aliphatic carbocycles. The number of nitrogens with one attached hydrogen (secondary N) is 1. The third-order valence-corrected chi connectivity index (χ3v) is 3.59. The van der Waals surface area contributed by atoms with Crippen LogP contribution in [0.3, 0.4) is 0 Å². The first-order valence-corrected chi connectivity index (χ1v) is 6.32. The predicted molar refractivity (Wildman–Crippen MR) is 62.2 cm³/mol. The molecule has 4 nitrogen and oxygen atoms in total. The number of piperidine rings is 1. The van der Waals surface area contributed by atoms with Gasteiger partial charge < -0.3 is 15.0 Å². The number of hydrogen-bond donors (Lipinski definition) is 1. The van der Waals surface area contributed by atoms with Crippen LogP contribution in [0.15, 0.2) is 0 Å². The molecule has 2 fully saturated rings. The molecule has 16 heavy (non-hydrogen) atoms. The van der Waals surface area contributed by atoms with E-state index in [9.17, 15) is 4.79 Å². The van der Waals surface area contributed by atoms with Crippen LogP contribution < -0.4 is 5.32 Å². The number of nitrogens with zero attached hydrogens (tertiary/aromatic N) is 1. The Labute approximate surface area is 97.3 Å². The summed E-state index contributed by atoms with van der Waals surface area (Å²) in [5.41, 5.74) is 0. The van der Waals surface area contributed by atoms with E-state index in [-0.39, 0.29) is 6.04 Å². The van der Waals surface area contributed by atoms with E-state index in [1.807, 2.05) is 4.90 Å². The molecule has 1 unspecified atom stereocenters. The smallest absolute Gasteiger partial charge is 0.239 e. The van der Waals surface area contributed by atoms with Crippen molar-refractivity contribution in [3.05, 3.63) is 0 Å². The Bertz CT molecular complexity index is 237. The highest BCUT2D eigenvalue weighted by Gasteiger charge is 2.30. The molecule has 1 N–H and O–H groups in total. The Balaban J connectivity index is 1.85. The molecule has 92 valence electrons. The van der Waals surface area contributed by atoms with Gasteiger partial charge in [-0.1, -0.05) is 0 Å². The minimum atomic E-state index is 0.0845. The summed E-state index contributed by atoms with van der Waals surface area (Å²) in [6, 6.07) is 0.0845. The van der Waals surface area contributed by atoms with Crippen molar-refractivity contribution in [2.24, 2.45) is 5.92 Å². The lowest BCUT2D eigenvalue weighted by molar-refractivity contribution is -0.135. The van der Waals surface area contributed by atoms with Gasteiger partial charge in [-0.05, 0) is 38.1 Å². The van der Waals surface area contributed by atoms with E-state index < -0.39 is 0 Å². The highest BCUT2D eigenvalue weighted by atomic mass is 16.5. The quantitative estimate of drug-likeness (QED) is 0.767. The fourth-order valence-electron chi connectivity index (χ4n) is 2.75. The summed E-state index contributed by atoms with van der Waals surface area (Å²) >= 11 is 0. The van der Waals surface area contributed by atoms with Crippen LogP contribution in [0.5, 0.6) is 0 Å². The van der Waals surface area contributed by atoms with Gasteiger partial charge in [0.1, 0.15) is 0 Å². The first-order valence-electron chi connectivity index (χ1n) is 6.32. The van der Waals surface area contributed by atoms with Gasteiger partial charge in [0, 0.05) is 20.2 Å². The Hall–Kier alpha value is -0.610. The number of likely N-dealkylation sites (tertiary alicyclic amines) is 1. The van der Waals surface area contributed by atoms with Crippen LogP contribution in [0, 0.1) is 5.92 Å². The molecule has 0 aromatic heterocycles. The van der Waals surface area contributed by atoms with Crippen molar-refractivity contribution in [2.75, 3.05) is 33.4 Å². The second-order valence-electron chi connectivity index (χ2n) is 4.90. The average Bonchev–Trinajstić information content (AvgIpc) is 2.82. The second kappa shape index (κ2) is 5.64. The largest absolute Gasteiger partial charge is 0.384 e. The van der Waals surface area contributed by atoms with Crippen LogP contribution in [0.2, 0.25) is 0 Å². The van der Waals surface area contributed by atoms with Gasteiger partial charge in [-0.2, -0.15) is 0 Å². The number of carbonyl (C=O) groups excluding carboxylic acids is 1. The van der Waals surface area contributed by atoms with Crippen molar-refractivity contribution < 1.29 is 9.53 Å². The number of hydrogen-bond acceptors (Lipinski definition) is 3. The Morgan fingerprint density at radius 2 is 2.31 bits per heavy atom. The topological polar surface area (TPSA) is 41.6 Å². The average molecular weight is 226 g/mol. The molecule has 2 rings (SSSR count). The zero-order valence-electron chi connectivity index (χ0n) is 10.1. The summed E-state index contributed by atoms with van der Waals surface area (Å²) in [6.07, 6.45) is 4.44. The maximum absolute atomic E-state index is 12.2. The number of ether oxygens (including phenoxy) is 1. The standard InChI is InChI=1S/C12H22N2O2/c1-16-9-10-4-3-7-14(8-10)12(15)11-5-2-6-13-11/h10-11,13H,2-9H2,1H3/t10?,11-/m1/s1. The Kier molecular flexibility index (Phi) is 4.18. The van der Waals surface area contributed by atoms with Crippen LogP contribution in [0.25, 0.3) is 0 Å². The van der Waals surface area contributed by atoms with Crippen LogP contribution in [0.4, 0.5) is 0 Å². The van der Waals surface area contributed by atoms with E-state index in [4.69, 9.17) is 4.74 Å². The lowest BCUT2D eigenvalue weighted by Crippen LogP contribution is -2.48. The number of carbonyl (C=O) groups is 1. The highest BCUT2D eigenvalue weighted by molar-refractivity contribution is 5.82. The van der Waals surface area contributed by atoms with Gasteiger partial charge in [0.2, 0.25) is 5.91 Å². The summed E-state index contributed by atoms with van der Waals surface area (Å²) in [5, 5.41) is 3.28. The third kappa shape index (κ3) is 2.74. The minimum absolute atomic E-state index is 0.0845. The summed E-state index contributed by atoms with van der Waals surface area (Å²) < 4.78 is 5.18. The first kappa shape index (κ1) is 11.9. The molecule has 2 heterocycles. The minimum Gasteiger partial charge on any atom is -0.384 e. The van der Waals surface area contributed by atoms with Crippen LogP contribution in [-0.2, 0) is 9.53 Å². The summed E-state index contributed by atoms with van der Waals surface area (Å²) in [7, 11) is 1.74. The molecule has 0 bridgehead atoms. The fourth-order valence-corrected chi connectivity index (χ4v) is 2.75. The molecule has 4 heteroatoms. The second-order valence-corrected chi connectivity index (χ2v) is 4.90. The number of amides is 1. The van der Waals surface area contributed by atoms with Crippen molar-refractivity contribution in [2.45, 2.75) is 31.7 Å². The molecule has 0 radical (unpaired) electrons. The number of methoxy groups -OCH3 is 1. The van der Waals surface area contributed by atoms with E-state index in [2.05, 4.69) is 5.32 Å². The molecule has 2 atom stereocenters. The Morgan fingerprint density at radius 3 is 3.00 bits per heavy atom. The van der Waals surface area contributed by atoms with E-state index >= 15 is 0 Å². The lowest BCUT2D eigenvalue weighted by atomic mass is 9.98. The van der Waals surface area contributed by atoms with E-state index in [0.29, 0.717) is 11.8 Å². The van der Waals surface area contributed by atoms with Crippen molar-refractivity contribution in [3.63, 3.8) is 0 Å². The van der Waals surface area contributed by atoms with E-state index in [1.165, 1.54) is 6.42 Å².